The maximum Gasteiger partial charge on any atom is 0.165 e. The molecule has 0 bridgehead atoms. The van der Waals surface area contributed by atoms with Crippen LogP contribution in [0.4, 0.5) is 4.39 Å². The van der Waals surface area contributed by atoms with E-state index >= 15 is 0 Å². The summed E-state index contributed by atoms with van der Waals surface area (Å²) in [7, 11) is 1.42. The molecule has 7 heteroatoms. The Hall–Kier alpha value is -3.84. The number of rotatable bonds is 5. The normalized spacial score (nSPS) is 14.4. The molecule has 35 heavy (non-hydrogen) atoms. The molecule has 0 amide bonds. The van der Waals surface area contributed by atoms with E-state index in [1.807, 2.05) is 10.6 Å². The Morgan fingerprint density at radius 3 is 2.51 bits per heavy atom. The molecule has 0 unspecified atom stereocenters. The number of methoxy groups -OCH3 is 1. The molecule has 4 aromatic rings. The van der Waals surface area contributed by atoms with Gasteiger partial charge >= 0.3 is 0 Å². The van der Waals surface area contributed by atoms with Crippen molar-refractivity contribution >= 4 is 16.7 Å². The lowest BCUT2D eigenvalue weighted by molar-refractivity contribution is 0.0843. The molecule has 5 rings (SSSR count). The Morgan fingerprint density at radius 1 is 1.06 bits per heavy atom. The van der Waals surface area contributed by atoms with Gasteiger partial charge in [-0.1, -0.05) is 12.1 Å². The minimum absolute atomic E-state index is 0.0798. The summed E-state index contributed by atoms with van der Waals surface area (Å²) in [5, 5.41) is 22.3. The molecule has 1 aliphatic rings. The average molecular weight is 476 g/mol. The Kier molecular flexibility index (Phi) is 5.94. The molecule has 6 nitrogen and oxygen atoms in total. The maximum atomic E-state index is 14.3. The third kappa shape index (κ3) is 3.91. The Balaban J connectivity index is 1.88. The van der Waals surface area contributed by atoms with Crippen LogP contribution in [0.25, 0.3) is 27.7 Å². The largest absolute Gasteiger partial charge is 0.507 e. The molecule has 0 spiro atoms. The molecule has 0 radical (unpaired) electrons. The molecule has 1 saturated heterocycles. The molecule has 0 atom stereocenters. The number of Topliss-reactive ketones (excluding diaryl/α,β-unsaturated/α-hetero) is 1. The summed E-state index contributed by atoms with van der Waals surface area (Å²) in [6, 6.07) is 14.9. The van der Waals surface area contributed by atoms with Crippen molar-refractivity contribution in [3.8, 4) is 34.1 Å². The maximum absolute atomic E-state index is 14.3. The molecule has 0 saturated carbocycles. The highest BCUT2D eigenvalue weighted by Crippen LogP contribution is 2.47. The van der Waals surface area contributed by atoms with Crippen molar-refractivity contribution < 1.29 is 28.9 Å². The van der Waals surface area contributed by atoms with Gasteiger partial charge < -0.3 is 24.3 Å². The number of carbonyl (C=O) groups is 1. The van der Waals surface area contributed by atoms with Gasteiger partial charge in [0.05, 0.1) is 18.2 Å². The van der Waals surface area contributed by atoms with Gasteiger partial charge in [-0.15, -0.1) is 0 Å². The van der Waals surface area contributed by atoms with Crippen LogP contribution in [0.3, 0.4) is 0 Å². The summed E-state index contributed by atoms with van der Waals surface area (Å²) in [5.41, 5.74) is 4.03. The second-order valence-corrected chi connectivity index (χ2v) is 8.76. The molecule has 1 aromatic heterocycles. The zero-order chi connectivity index (χ0) is 24.7. The minimum atomic E-state index is -0.465. The third-order valence-corrected chi connectivity index (χ3v) is 6.68. The van der Waals surface area contributed by atoms with Crippen LogP contribution in [-0.4, -0.2) is 40.9 Å². The fraction of sp³-hybridized carbons (Fsp3) is 0.250. The first-order chi connectivity index (χ1) is 16.9. The number of aromatic nitrogens is 1. The summed E-state index contributed by atoms with van der Waals surface area (Å²) in [4.78, 5) is 11.9. The average Bonchev–Trinajstić information content (AvgIpc) is 3.21. The van der Waals surface area contributed by atoms with Crippen molar-refractivity contribution in [3.05, 3.63) is 71.7 Å². The molecule has 2 heterocycles. The number of benzene rings is 3. The molecular formula is C28H26FNO5. The Labute approximate surface area is 202 Å². The molecule has 180 valence electrons. The van der Waals surface area contributed by atoms with Crippen LogP contribution in [0.5, 0.6) is 17.2 Å². The van der Waals surface area contributed by atoms with E-state index in [1.165, 1.54) is 20.1 Å². The van der Waals surface area contributed by atoms with Crippen LogP contribution in [0, 0.1) is 5.82 Å². The number of nitrogens with zero attached hydrogens (tertiary/aromatic N) is 1. The first-order valence-corrected chi connectivity index (χ1v) is 11.5. The number of phenolic OH excluding ortho intramolecular Hbond substituents is 2. The minimum Gasteiger partial charge on any atom is -0.507 e. The van der Waals surface area contributed by atoms with E-state index in [4.69, 9.17) is 9.47 Å². The summed E-state index contributed by atoms with van der Waals surface area (Å²) in [6.07, 6.45) is 1.53. The highest BCUT2D eigenvalue weighted by Gasteiger charge is 2.29. The summed E-state index contributed by atoms with van der Waals surface area (Å²) in [6.45, 7) is 2.60. The van der Waals surface area contributed by atoms with Crippen LogP contribution in [0.2, 0.25) is 0 Å². The van der Waals surface area contributed by atoms with Crippen LogP contribution >= 0.6 is 0 Å². The van der Waals surface area contributed by atoms with E-state index in [1.54, 1.807) is 42.5 Å². The standard InChI is InChI=1S/C28H26FNO5/c1-16(31)20-8-6-18(14-24(20)33)26-27-22(4-3-5-23(27)32)30(28(26)17-10-12-35-13-11-17)19-7-9-21(29)25(15-19)34-2/h3-9,14-15,17,32-33H,10-13H2,1-2H3. The number of ketones is 1. The van der Waals surface area contributed by atoms with Crippen molar-refractivity contribution in [2.24, 2.45) is 0 Å². The lowest BCUT2D eigenvalue weighted by Gasteiger charge is -2.26. The van der Waals surface area contributed by atoms with Gasteiger partial charge in [-0.05, 0) is 61.7 Å². The number of aromatic hydroxyl groups is 2. The van der Waals surface area contributed by atoms with E-state index in [0.29, 0.717) is 29.9 Å². The van der Waals surface area contributed by atoms with E-state index in [9.17, 15) is 19.4 Å². The number of fused-ring (bicyclic) bond motifs is 1. The molecule has 3 aromatic carbocycles. The lowest BCUT2D eigenvalue weighted by Crippen LogP contribution is -2.17. The topological polar surface area (TPSA) is 80.9 Å². The molecular weight excluding hydrogens is 449 g/mol. The van der Waals surface area contributed by atoms with Crippen molar-refractivity contribution in [1.82, 2.24) is 4.57 Å². The predicted octanol–water partition coefficient (Wildman–Crippen LogP) is 5.95. The van der Waals surface area contributed by atoms with Gasteiger partial charge in [0.15, 0.2) is 17.3 Å². The SMILES string of the molecule is COc1cc(-n2c(C3CCOCC3)c(-c3ccc(C(C)=O)c(O)c3)c3c(O)cccc32)ccc1F. The zero-order valence-electron chi connectivity index (χ0n) is 19.5. The number of hydrogen-bond acceptors (Lipinski definition) is 5. The fourth-order valence-corrected chi connectivity index (χ4v) is 5.04. The van der Waals surface area contributed by atoms with Gasteiger partial charge in [0.2, 0.25) is 0 Å². The highest BCUT2D eigenvalue weighted by molar-refractivity contribution is 6.04. The zero-order valence-corrected chi connectivity index (χ0v) is 19.5. The second kappa shape index (κ2) is 9.07. The van der Waals surface area contributed by atoms with Gasteiger partial charge in [-0.2, -0.15) is 0 Å². The van der Waals surface area contributed by atoms with Gasteiger partial charge in [0, 0.05) is 47.5 Å². The fourth-order valence-electron chi connectivity index (χ4n) is 5.04. The Bertz CT molecular complexity index is 1440. The summed E-state index contributed by atoms with van der Waals surface area (Å²) < 4.78 is 27.2. The van der Waals surface area contributed by atoms with Gasteiger partial charge in [0.1, 0.15) is 11.5 Å². The van der Waals surface area contributed by atoms with Gasteiger partial charge in [-0.3, -0.25) is 4.79 Å². The van der Waals surface area contributed by atoms with Crippen LogP contribution in [0.15, 0.2) is 54.6 Å². The van der Waals surface area contributed by atoms with E-state index in [0.717, 1.165) is 29.6 Å². The second-order valence-electron chi connectivity index (χ2n) is 8.76. The van der Waals surface area contributed by atoms with Crippen LogP contribution in [-0.2, 0) is 4.74 Å². The van der Waals surface area contributed by atoms with Crippen molar-refractivity contribution in [2.75, 3.05) is 20.3 Å². The summed E-state index contributed by atoms with van der Waals surface area (Å²) >= 11 is 0. The predicted molar refractivity (Wildman–Crippen MR) is 131 cm³/mol. The smallest absolute Gasteiger partial charge is 0.165 e. The number of halogens is 1. The molecule has 0 aliphatic carbocycles. The number of carbonyl (C=O) groups excluding carboxylic acids is 1. The van der Waals surface area contributed by atoms with Crippen molar-refractivity contribution in [1.29, 1.82) is 0 Å². The molecule has 1 aliphatic heterocycles. The van der Waals surface area contributed by atoms with Crippen LogP contribution < -0.4 is 4.74 Å². The Morgan fingerprint density at radius 2 is 1.83 bits per heavy atom. The first kappa shape index (κ1) is 22.9. The van der Waals surface area contributed by atoms with Crippen LogP contribution in [0.1, 0.15) is 41.7 Å². The monoisotopic (exact) mass is 475 g/mol. The highest BCUT2D eigenvalue weighted by atomic mass is 19.1. The summed E-state index contributed by atoms with van der Waals surface area (Å²) in [5.74, 6) is -0.527. The number of ether oxygens (including phenoxy) is 2. The van der Waals surface area contributed by atoms with Crippen molar-refractivity contribution in [3.63, 3.8) is 0 Å². The van der Waals surface area contributed by atoms with E-state index < -0.39 is 5.82 Å². The van der Waals surface area contributed by atoms with Crippen molar-refractivity contribution in [2.45, 2.75) is 25.7 Å². The van der Waals surface area contributed by atoms with Gasteiger partial charge in [-0.25, -0.2) is 4.39 Å². The van der Waals surface area contributed by atoms with Gasteiger partial charge in [0.25, 0.3) is 0 Å². The number of hydrogen-bond donors (Lipinski definition) is 2. The lowest BCUT2D eigenvalue weighted by atomic mass is 9.89. The molecule has 1 fully saturated rings. The molecule has 2 N–H and O–H groups in total. The quantitative estimate of drug-likeness (QED) is 0.349. The number of phenols is 2. The third-order valence-electron chi connectivity index (χ3n) is 6.68. The first-order valence-electron chi connectivity index (χ1n) is 11.5. The van der Waals surface area contributed by atoms with E-state index in [2.05, 4.69) is 0 Å². The van der Waals surface area contributed by atoms with E-state index in [-0.39, 0.29) is 34.5 Å².